The van der Waals surface area contributed by atoms with Crippen LogP contribution < -0.4 is 15.5 Å². The van der Waals surface area contributed by atoms with Gasteiger partial charge in [-0.05, 0) is 61.7 Å². The van der Waals surface area contributed by atoms with Gasteiger partial charge >= 0.3 is 6.09 Å². The van der Waals surface area contributed by atoms with Crippen molar-refractivity contribution in [1.82, 2.24) is 19.9 Å². The molecular weight excluding hydrogens is 536 g/mol. The van der Waals surface area contributed by atoms with E-state index in [4.69, 9.17) is 9.41 Å². The van der Waals surface area contributed by atoms with Crippen molar-refractivity contribution in [1.29, 1.82) is 0 Å². The second-order valence-corrected chi connectivity index (χ2v) is 17.8. The smallest absolute Gasteiger partial charge is 0.405 e. The zero-order chi connectivity index (χ0) is 29.5. The van der Waals surface area contributed by atoms with Crippen LogP contribution in [0.15, 0.2) is 42.9 Å². The van der Waals surface area contributed by atoms with Crippen LogP contribution in [0, 0.1) is 5.92 Å². The quantitative estimate of drug-likeness (QED) is 0.299. The van der Waals surface area contributed by atoms with Gasteiger partial charge in [0.05, 0.1) is 29.7 Å². The molecule has 1 aliphatic heterocycles. The zero-order valence-corrected chi connectivity index (χ0v) is 25.8. The first-order valence-electron chi connectivity index (χ1n) is 14.5. The van der Waals surface area contributed by atoms with Gasteiger partial charge in [-0.1, -0.05) is 27.7 Å². The number of carboxylic acid groups (broad SMARTS) is 1. The SMILES string of the molecule is C[C@H]1CN(c2ccncc2NC(=O)c2ccc3ccn(C4CCC4)c3n2)C[C@@H](NC(=O)O)[C@@H]1O[Si](C)(C)C(C)(C)C. The number of piperidine rings is 1. The highest BCUT2D eigenvalue weighted by molar-refractivity contribution is 6.74. The van der Waals surface area contributed by atoms with Crippen LogP contribution in [0.1, 0.15) is 63.5 Å². The molecule has 0 spiro atoms. The molecule has 2 aliphatic rings. The maximum absolute atomic E-state index is 13.4. The number of nitrogens with one attached hydrogen (secondary N) is 2. The number of rotatable bonds is 7. The van der Waals surface area contributed by atoms with Crippen LogP contribution in [0.3, 0.4) is 0 Å². The largest absolute Gasteiger partial charge is 0.465 e. The van der Waals surface area contributed by atoms with Crippen molar-refractivity contribution in [3.63, 3.8) is 0 Å². The highest BCUT2D eigenvalue weighted by atomic mass is 28.4. The first kappa shape index (κ1) is 29.1. The molecule has 220 valence electrons. The van der Waals surface area contributed by atoms with E-state index in [1.54, 1.807) is 18.5 Å². The molecule has 2 amide bonds. The molecular formula is C30H42N6O4Si. The Morgan fingerprint density at radius 2 is 1.88 bits per heavy atom. The third-order valence-electron chi connectivity index (χ3n) is 9.08. The Hall–Kier alpha value is -3.44. The number of pyridine rings is 2. The van der Waals surface area contributed by atoms with Gasteiger partial charge in [-0.25, -0.2) is 9.78 Å². The van der Waals surface area contributed by atoms with Crippen molar-refractivity contribution in [3.05, 3.63) is 48.5 Å². The van der Waals surface area contributed by atoms with E-state index < -0.39 is 20.5 Å². The van der Waals surface area contributed by atoms with Crippen molar-refractivity contribution in [2.24, 2.45) is 5.92 Å². The van der Waals surface area contributed by atoms with E-state index >= 15 is 0 Å². The Kier molecular flexibility index (Phi) is 7.86. The first-order chi connectivity index (χ1) is 19.3. The van der Waals surface area contributed by atoms with E-state index in [1.165, 1.54) is 6.42 Å². The number of anilines is 2. The molecule has 1 saturated carbocycles. The highest BCUT2D eigenvalue weighted by Gasteiger charge is 2.45. The van der Waals surface area contributed by atoms with E-state index in [1.807, 2.05) is 18.2 Å². The number of carbonyl (C=O) groups is 2. The van der Waals surface area contributed by atoms with Crippen LogP contribution in [0.2, 0.25) is 18.1 Å². The van der Waals surface area contributed by atoms with Crippen LogP contribution >= 0.6 is 0 Å². The minimum Gasteiger partial charge on any atom is -0.465 e. The van der Waals surface area contributed by atoms with Gasteiger partial charge in [-0.15, -0.1) is 0 Å². The second-order valence-electron chi connectivity index (χ2n) is 13.0. The molecule has 11 heteroatoms. The van der Waals surface area contributed by atoms with Gasteiger partial charge in [0.15, 0.2) is 8.32 Å². The standard InChI is InChI=1S/C30H42N6O4Si/c1-19-17-35(18-24(34-29(38)39)26(19)40-41(5,6)30(2,3)4)25-12-14-31-16-23(25)33-28(37)22-11-10-20-13-15-36(27(20)32-22)21-8-7-9-21/h10-16,19,21,24,26,34H,7-9,17-18H2,1-6H3,(H,33,37)(H,38,39)/t19-,24+,26+/m0/s1. The van der Waals surface area contributed by atoms with Crippen molar-refractivity contribution in [3.8, 4) is 0 Å². The third-order valence-corrected chi connectivity index (χ3v) is 13.6. The monoisotopic (exact) mass is 578 g/mol. The summed E-state index contributed by atoms with van der Waals surface area (Å²) in [4.78, 5) is 36.3. The maximum atomic E-state index is 13.4. The molecule has 3 aromatic heterocycles. The van der Waals surface area contributed by atoms with Crippen molar-refractivity contribution >= 4 is 42.7 Å². The molecule has 4 heterocycles. The normalized spacial score (nSPS) is 21.9. The number of hydrogen-bond acceptors (Lipinski definition) is 6. The lowest BCUT2D eigenvalue weighted by Gasteiger charge is -2.48. The molecule has 2 fully saturated rings. The molecule has 0 aromatic carbocycles. The Balaban J connectivity index is 1.37. The summed E-state index contributed by atoms with van der Waals surface area (Å²) in [6, 6.07) is 7.59. The van der Waals surface area contributed by atoms with Gasteiger partial charge in [0.1, 0.15) is 11.3 Å². The Labute approximate surface area is 242 Å². The minimum absolute atomic E-state index is 0.00323. The third kappa shape index (κ3) is 5.96. The number of carbonyl (C=O) groups excluding carboxylic acids is 1. The topological polar surface area (TPSA) is 122 Å². The van der Waals surface area contributed by atoms with Crippen molar-refractivity contribution in [2.45, 2.75) is 83.3 Å². The fourth-order valence-corrected chi connectivity index (χ4v) is 6.95. The molecule has 10 nitrogen and oxygen atoms in total. The summed E-state index contributed by atoms with van der Waals surface area (Å²) < 4.78 is 8.95. The number of nitrogens with zero attached hydrogens (tertiary/aromatic N) is 4. The molecule has 1 saturated heterocycles. The van der Waals surface area contributed by atoms with E-state index in [-0.39, 0.29) is 23.0 Å². The molecule has 0 radical (unpaired) electrons. The number of hydrogen-bond donors (Lipinski definition) is 3. The maximum Gasteiger partial charge on any atom is 0.405 e. The summed E-state index contributed by atoms with van der Waals surface area (Å²) in [5.41, 5.74) is 2.50. The van der Waals surface area contributed by atoms with Gasteiger partial charge in [0, 0.05) is 42.8 Å². The summed E-state index contributed by atoms with van der Waals surface area (Å²) in [5.74, 6) is -0.276. The van der Waals surface area contributed by atoms with Crippen molar-refractivity contribution in [2.75, 3.05) is 23.3 Å². The molecule has 41 heavy (non-hydrogen) atoms. The average molecular weight is 579 g/mol. The molecule has 0 unspecified atom stereocenters. The molecule has 0 bridgehead atoms. The molecule has 1 aliphatic carbocycles. The van der Waals surface area contributed by atoms with Gasteiger partial charge in [-0.2, -0.15) is 0 Å². The van der Waals surface area contributed by atoms with E-state index in [0.29, 0.717) is 30.5 Å². The van der Waals surface area contributed by atoms with Gasteiger partial charge in [0.2, 0.25) is 0 Å². The van der Waals surface area contributed by atoms with Crippen LogP contribution in [-0.2, 0) is 4.43 Å². The minimum atomic E-state index is -2.15. The van der Waals surface area contributed by atoms with Crippen LogP contribution in [0.5, 0.6) is 0 Å². The molecule has 3 N–H and O–H groups in total. The van der Waals surface area contributed by atoms with Gasteiger partial charge in [0.25, 0.3) is 5.91 Å². The van der Waals surface area contributed by atoms with Crippen LogP contribution in [-0.4, -0.2) is 65.2 Å². The highest BCUT2D eigenvalue weighted by Crippen LogP contribution is 2.40. The fourth-order valence-electron chi connectivity index (χ4n) is 5.52. The molecule has 5 rings (SSSR count). The zero-order valence-electron chi connectivity index (χ0n) is 24.8. The predicted octanol–water partition coefficient (Wildman–Crippen LogP) is 5.89. The lowest BCUT2D eigenvalue weighted by Crippen LogP contribution is -2.62. The summed E-state index contributed by atoms with van der Waals surface area (Å²) in [5, 5.41) is 16.4. The summed E-state index contributed by atoms with van der Waals surface area (Å²) in [7, 11) is -2.15. The summed E-state index contributed by atoms with van der Waals surface area (Å²) >= 11 is 0. The Bertz CT molecular complexity index is 1430. The summed E-state index contributed by atoms with van der Waals surface area (Å²) in [6.07, 6.45) is 7.52. The van der Waals surface area contributed by atoms with E-state index in [0.717, 1.165) is 29.6 Å². The van der Waals surface area contributed by atoms with E-state index in [9.17, 15) is 14.7 Å². The van der Waals surface area contributed by atoms with Gasteiger partial charge < -0.3 is 29.6 Å². The fraction of sp³-hybridized carbons (Fsp3) is 0.533. The lowest BCUT2D eigenvalue weighted by atomic mass is 9.92. The second kappa shape index (κ2) is 11.1. The predicted molar refractivity (Wildman–Crippen MR) is 163 cm³/mol. The number of aromatic nitrogens is 3. The van der Waals surface area contributed by atoms with E-state index in [2.05, 4.69) is 72.1 Å². The number of fused-ring (bicyclic) bond motifs is 1. The summed E-state index contributed by atoms with van der Waals surface area (Å²) in [6.45, 7) is 14.1. The van der Waals surface area contributed by atoms with Crippen molar-refractivity contribution < 1.29 is 19.1 Å². The Morgan fingerprint density at radius 3 is 2.54 bits per heavy atom. The lowest BCUT2D eigenvalue weighted by molar-refractivity contribution is 0.0722. The molecule has 3 atom stereocenters. The average Bonchev–Trinajstić information content (AvgIpc) is 3.27. The molecule has 3 aromatic rings. The first-order valence-corrected chi connectivity index (χ1v) is 17.4. The van der Waals surface area contributed by atoms with Crippen LogP contribution in [0.4, 0.5) is 16.2 Å². The van der Waals surface area contributed by atoms with Crippen LogP contribution in [0.25, 0.3) is 11.0 Å². The van der Waals surface area contributed by atoms with Gasteiger partial charge in [-0.3, -0.25) is 9.78 Å². The number of amides is 2. The Morgan fingerprint density at radius 1 is 1.12 bits per heavy atom.